The number of rotatable bonds is 24. The molecule has 47 heavy (non-hydrogen) atoms. The summed E-state index contributed by atoms with van der Waals surface area (Å²) < 4.78 is 34.7. The van der Waals surface area contributed by atoms with Crippen molar-refractivity contribution in [3.05, 3.63) is 88.0 Å². The zero-order chi connectivity index (χ0) is 33.9. The van der Waals surface area contributed by atoms with Gasteiger partial charge in [-0.05, 0) is 129 Å². The fourth-order valence-electron chi connectivity index (χ4n) is 5.88. The predicted octanol–water partition coefficient (Wildman–Crippen LogP) is 13.4. The molecular formula is C42H63O4P. The Bertz CT molecular complexity index is 1220. The molecule has 3 aromatic rings. The third-order valence-electron chi connectivity index (χ3n) is 8.86. The van der Waals surface area contributed by atoms with E-state index in [4.69, 9.17) is 13.6 Å². The van der Waals surface area contributed by atoms with E-state index in [1.807, 2.05) is 18.2 Å². The van der Waals surface area contributed by atoms with Gasteiger partial charge in [0, 0.05) is 0 Å². The predicted molar refractivity (Wildman–Crippen MR) is 200 cm³/mol. The molecule has 0 bridgehead atoms. The van der Waals surface area contributed by atoms with Gasteiger partial charge in [0.15, 0.2) is 0 Å². The van der Waals surface area contributed by atoms with Crippen molar-refractivity contribution in [2.75, 3.05) is 0 Å². The molecule has 0 saturated heterocycles. The van der Waals surface area contributed by atoms with Gasteiger partial charge >= 0.3 is 7.82 Å². The number of phosphoric ester groups is 1. The summed E-state index contributed by atoms with van der Waals surface area (Å²) in [6, 6.07) is 19.0. The Kier molecular flexibility index (Phi) is 17.6. The molecule has 0 saturated carbocycles. The lowest BCUT2D eigenvalue weighted by Crippen LogP contribution is -2.11. The van der Waals surface area contributed by atoms with Gasteiger partial charge in [-0.2, -0.15) is 4.57 Å². The van der Waals surface area contributed by atoms with Crippen molar-refractivity contribution < 1.29 is 18.1 Å². The van der Waals surface area contributed by atoms with Gasteiger partial charge in [0.25, 0.3) is 0 Å². The molecule has 0 atom stereocenters. The van der Waals surface area contributed by atoms with Crippen molar-refractivity contribution in [3.63, 3.8) is 0 Å². The summed E-state index contributed by atoms with van der Waals surface area (Å²) >= 11 is 0. The van der Waals surface area contributed by atoms with Gasteiger partial charge in [0.05, 0.1) is 0 Å². The highest BCUT2D eigenvalue weighted by molar-refractivity contribution is 7.49. The van der Waals surface area contributed by atoms with Crippen molar-refractivity contribution in [3.8, 4) is 17.2 Å². The first kappa shape index (κ1) is 38.7. The van der Waals surface area contributed by atoms with Crippen molar-refractivity contribution in [1.29, 1.82) is 0 Å². The van der Waals surface area contributed by atoms with Gasteiger partial charge in [-0.3, -0.25) is 0 Å². The third kappa shape index (κ3) is 13.0. The summed E-state index contributed by atoms with van der Waals surface area (Å²) in [5.74, 6) is 1.77. The minimum atomic E-state index is -4.17. The molecule has 0 spiro atoms. The highest BCUT2D eigenvalue weighted by Gasteiger charge is 2.35. The first-order chi connectivity index (χ1) is 22.9. The Labute approximate surface area is 287 Å². The lowest BCUT2D eigenvalue weighted by atomic mass is 10.0. The van der Waals surface area contributed by atoms with Crippen LogP contribution in [0.2, 0.25) is 0 Å². The second-order valence-electron chi connectivity index (χ2n) is 13.2. The minimum absolute atomic E-state index is 0.589. The Balaban J connectivity index is 2.09. The van der Waals surface area contributed by atoms with E-state index in [1.54, 1.807) is 0 Å². The van der Waals surface area contributed by atoms with E-state index in [-0.39, 0.29) is 0 Å². The summed E-state index contributed by atoms with van der Waals surface area (Å²) in [6.07, 6.45) is 18.8. The maximum Gasteiger partial charge on any atom is 0.647 e. The molecule has 0 N–H and O–H groups in total. The molecule has 5 heteroatoms. The number of benzene rings is 3. The highest BCUT2D eigenvalue weighted by atomic mass is 31.2. The first-order valence-electron chi connectivity index (χ1n) is 18.9. The van der Waals surface area contributed by atoms with Crippen LogP contribution in [0.5, 0.6) is 17.2 Å². The van der Waals surface area contributed by atoms with E-state index in [2.05, 4.69) is 77.9 Å². The normalized spacial score (nSPS) is 11.5. The molecule has 0 heterocycles. The third-order valence-corrected chi connectivity index (χ3v) is 10.1. The summed E-state index contributed by atoms with van der Waals surface area (Å²) in [6.45, 7) is 13.2. The molecule has 0 aromatic heterocycles. The molecule has 0 radical (unpaired) electrons. The number of phosphoric acid groups is 1. The molecule has 3 rings (SSSR count). The summed E-state index contributed by atoms with van der Waals surface area (Å²) in [5.41, 5.74) is 7.06. The van der Waals surface area contributed by atoms with E-state index >= 15 is 4.57 Å². The molecule has 0 aliphatic carbocycles. The number of hydrogen-bond donors (Lipinski definition) is 0. The molecule has 0 aliphatic heterocycles. The van der Waals surface area contributed by atoms with Crippen LogP contribution in [0.1, 0.15) is 152 Å². The molecule has 4 nitrogen and oxygen atoms in total. The monoisotopic (exact) mass is 662 g/mol. The van der Waals surface area contributed by atoms with Crippen LogP contribution >= 0.6 is 7.82 Å². The molecule has 3 aromatic carbocycles. The van der Waals surface area contributed by atoms with E-state index in [1.165, 1.54) is 16.7 Å². The minimum Gasteiger partial charge on any atom is -0.386 e. The average molecular weight is 663 g/mol. The Hall–Kier alpha value is -2.71. The second kappa shape index (κ2) is 21.3. The van der Waals surface area contributed by atoms with E-state index in [9.17, 15) is 0 Å². The summed E-state index contributed by atoms with van der Waals surface area (Å²) in [7, 11) is -4.17. The Morgan fingerprint density at radius 1 is 0.404 bits per heavy atom. The van der Waals surface area contributed by atoms with E-state index in [0.717, 1.165) is 132 Å². The van der Waals surface area contributed by atoms with Crippen molar-refractivity contribution in [2.45, 2.75) is 157 Å². The summed E-state index contributed by atoms with van der Waals surface area (Å²) in [5, 5.41) is 0. The highest BCUT2D eigenvalue weighted by Crippen LogP contribution is 2.52. The zero-order valence-electron chi connectivity index (χ0n) is 30.5. The number of unbranched alkanes of at least 4 members (excludes halogenated alkanes) is 6. The van der Waals surface area contributed by atoms with Gasteiger partial charge in [-0.1, -0.05) is 116 Å². The number of aryl methyl sites for hydroxylation is 6. The van der Waals surface area contributed by atoms with Crippen LogP contribution in [-0.4, -0.2) is 0 Å². The smallest absolute Gasteiger partial charge is 0.386 e. The molecule has 0 unspecified atom stereocenters. The Morgan fingerprint density at radius 3 is 0.915 bits per heavy atom. The summed E-state index contributed by atoms with van der Waals surface area (Å²) in [4.78, 5) is 0. The van der Waals surface area contributed by atoms with Gasteiger partial charge in [0.2, 0.25) is 0 Å². The molecular weight excluding hydrogens is 599 g/mol. The second-order valence-corrected chi connectivity index (χ2v) is 14.6. The van der Waals surface area contributed by atoms with Crippen LogP contribution in [0.3, 0.4) is 0 Å². The van der Waals surface area contributed by atoms with Gasteiger partial charge in [0.1, 0.15) is 17.2 Å². The number of hydrogen-bond acceptors (Lipinski definition) is 4. The average Bonchev–Trinajstić information content (AvgIpc) is 3.08. The quantitative estimate of drug-likeness (QED) is 0.0896. The van der Waals surface area contributed by atoms with Crippen molar-refractivity contribution in [1.82, 2.24) is 0 Å². The largest absolute Gasteiger partial charge is 0.647 e. The van der Waals surface area contributed by atoms with Crippen LogP contribution in [-0.2, 0) is 43.1 Å². The van der Waals surface area contributed by atoms with Crippen LogP contribution in [0, 0.1) is 0 Å². The van der Waals surface area contributed by atoms with Crippen molar-refractivity contribution in [2.24, 2.45) is 0 Å². The lowest BCUT2D eigenvalue weighted by Gasteiger charge is -2.24. The van der Waals surface area contributed by atoms with Gasteiger partial charge in [-0.15, -0.1) is 0 Å². The van der Waals surface area contributed by atoms with Crippen LogP contribution < -0.4 is 13.6 Å². The first-order valence-corrected chi connectivity index (χ1v) is 20.4. The topological polar surface area (TPSA) is 44.8 Å². The fourth-order valence-corrected chi connectivity index (χ4v) is 7.25. The fraction of sp³-hybridized carbons (Fsp3) is 0.571. The van der Waals surface area contributed by atoms with E-state index < -0.39 is 7.82 Å². The molecule has 0 amide bonds. The van der Waals surface area contributed by atoms with Crippen LogP contribution in [0.15, 0.2) is 54.6 Å². The van der Waals surface area contributed by atoms with Crippen molar-refractivity contribution >= 4 is 7.82 Å². The van der Waals surface area contributed by atoms with Gasteiger partial charge in [-0.25, -0.2) is 0 Å². The lowest BCUT2D eigenvalue weighted by molar-refractivity contribution is 0.295. The maximum atomic E-state index is 15.1. The standard InChI is InChI=1S/C42H63O4P/c1-7-13-19-34-25-28-40(37(31-34)22-16-10-4)44-47(43,45-41-29-26-35(20-14-8-2)32-38(41)23-17-11-5)46-42-30-27-36(21-15-9-3)33-39(42)24-18-12-6/h25-33H,7-24H2,1-6H3. The van der Waals surface area contributed by atoms with E-state index in [0.29, 0.717) is 17.2 Å². The van der Waals surface area contributed by atoms with Gasteiger partial charge < -0.3 is 13.6 Å². The Morgan fingerprint density at radius 2 is 0.660 bits per heavy atom. The molecule has 0 aliphatic rings. The maximum absolute atomic E-state index is 15.1. The van der Waals surface area contributed by atoms with Crippen LogP contribution in [0.4, 0.5) is 0 Å². The molecule has 260 valence electrons. The molecule has 0 fully saturated rings. The SMILES string of the molecule is CCCCc1ccc(OP(=O)(Oc2ccc(CCCC)cc2CCCC)Oc2ccc(CCCC)cc2CCCC)c(CCCC)c1. The van der Waals surface area contributed by atoms with Crippen LogP contribution in [0.25, 0.3) is 0 Å². The zero-order valence-corrected chi connectivity index (χ0v) is 31.4.